The first kappa shape index (κ1) is 17.7. The number of ketones is 1. The van der Waals surface area contributed by atoms with E-state index in [1.54, 1.807) is 12.1 Å². The zero-order valence-electron chi connectivity index (χ0n) is 14.8. The Morgan fingerprint density at radius 3 is 2.81 bits per heavy atom. The van der Waals surface area contributed by atoms with Crippen molar-refractivity contribution in [2.24, 2.45) is 0 Å². The van der Waals surface area contributed by atoms with Crippen molar-refractivity contribution < 1.29 is 9.90 Å². The molecule has 3 rings (SSSR count). The molecule has 0 bridgehead atoms. The van der Waals surface area contributed by atoms with Gasteiger partial charge in [-0.1, -0.05) is 18.2 Å². The number of aromatic amines is 1. The van der Waals surface area contributed by atoms with Crippen LogP contribution in [-0.2, 0) is 12.0 Å². The molecular formula is C21H21N3O2. The van der Waals surface area contributed by atoms with Crippen LogP contribution in [0, 0.1) is 11.3 Å². The minimum atomic E-state index is -0.401. The first-order chi connectivity index (χ1) is 12.4. The zero-order chi connectivity index (χ0) is 18.7. The van der Waals surface area contributed by atoms with E-state index in [2.05, 4.69) is 16.4 Å². The number of aromatic hydroxyl groups is 1. The molecule has 1 aromatic heterocycles. The van der Waals surface area contributed by atoms with Crippen molar-refractivity contribution in [1.82, 2.24) is 10.3 Å². The molecule has 0 aliphatic rings. The summed E-state index contributed by atoms with van der Waals surface area (Å²) in [6, 6.07) is 14.7. The molecule has 0 saturated carbocycles. The molecule has 5 heteroatoms. The van der Waals surface area contributed by atoms with Crippen molar-refractivity contribution in [3.63, 3.8) is 0 Å². The third kappa shape index (κ3) is 3.46. The van der Waals surface area contributed by atoms with Gasteiger partial charge in [-0.05, 0) is 43.7 Å². The first-order valence-electron chi connectivity index (χ1n) is 8.46. The van der Waals surface area contributed by atoms with E-state index >= 15 is 0 Å². The van der Waals surface area contributed by atoms with Gasteiger partial charge >= 0.3 is 0 Å². The molecule has 0 unspecified atom stereocenters. The third-order valence-corrected chi connectivity index (χ3v) is 4.62. The average molecular weight is 347 g/mol. The summed E-state index contributed by atoms with van der Waals surface area (Å²) in [6.07, 6.45) is 2.04. The number of benzene rings is 2. The highest BCUT2D eigenvalue weighted by atomic mass is 16.3. The molecule has 0 radical (unpaired) electrons. The molecule has 5 nitrogen and oxygen atoms in total. The van der Waals surface area contributed by atoms with E-state index < -0.39 is 5.54 Å². The quantitative estimate of drug-likeness (QED) is 0.594. The fraction of sp³-hybridized carbons (Fsp3) is 0.238. The van der Waals surface area contributed by atoms with Crippen LogP contribution in [0.15, 0.2) is 48.7 Å². The van der Waals surface area contributed by atoms with Gasteiger partial charge in [-0.15, -0.1) is 0 Å². The molecule has 3 N–H and O–H groups in total. The summed E-state index contributed by atoms with van der Waals surface area (Å²) in [4.78, 5) is 15.8. The Hall–Kier alpha value is -3.10. The van der Waals surface area contributed by atoms with E-state index in [0.29, 0.717) is 11.1 Å². The first-order valence-corrected chi connectivity index (χ1v) is 8.46. The molecule has 0 fully saturated rings. The summed E-state index contributed by atoms with van der Waals surface area (Å²) in [5, 5.41) is 23.0. The summed E-state index contributed by atoms with van der Waals surface area (Å²) in [7, 11) is 0. The number of phenolic OH excluding ortho intramolecular Hbond substituents is 1. The van der Waals surface area contributed by atoms with E-state index in [1.165, 1.54) is 6.07 Å². The van der Waals surface area contributed by atoms with Crippen LogP contribution in [0.2, 0.25) is 0 Å². The Labute approximate surface area is 152 Å². The summed E-state index contributed by atoms with van der Waals surface area (Å²) in [5.41, 5.74) is 2.70. The van der Waals surface area contributed by atoms with Gasteiger partial charge in [0.1, 0.15) is 5.75 Å². The number of carbonyl (C=O) groups is 1. The van der Waals surface area contributed by atoms with Crippen molar-refractivity contribution in [3.8, 4) is 11.8 Å². The van der Waals surface area contributed by atoms with Gasteiger partial charge in [0.25, 0.3) is 0 Å². The number of phenols is 1. The van der Waals surface area contributed by atoms with Crippen LogP contribution in [-0.4, -0.2) is 22.4 Å². The Kier molecular flexibility index (Phi) is 4.79. The smallest absolute Gasteiger partial charge is 0.176 e. The second kappa shape index (κ2) is 7.03. The molecule has 132 valence electrons. The molecule has 0 saturated heterocycles. The van der Waals surface area contributed by atoms with Gasteiger partial charge in [0.2, 0.25) is 0 Å². The van der Waals surface area contributed by atoms with Crippen molar-refractivity contribution in [3.05, 3.63) is 65.4 Å². The summed E-state index contributed by atoms with van der Waals surface area (Å²) >= 11 is 0. The molecule has 0 atom stereocenters. The van der Waals surface area contributed by atoms with Crippen LogP contribution < -0.4 is 5.32 Å². The topological polar surface area (TPSA) is 88.9 Å². The lowest BCUT2D eigenvalue weighted by Crippen LogP contribution is -2.39. The second-order valence-corrected chi connectivity index (χ2v) is 6.83. The van der Waals surface area contributed by atoms with Gasteiger partial charge < -0.3 is 15.4 Å². The van der Waals surface area contributed by atoms with E-state index in [-0.39, 0.29) is 24.5 Å². The Bertz CT molecular complexity index is 996. The summed E-state index contributed by atoms with van der Waals surface area (Å²) in [6.45, 7) is 4.23. The van der Waals surface area contributed by atoms with E-state index in [1.807, 2.05) is 44.3 Å². The van der Waals surface area contributed by atoms with Crippen LogP contribution >= 0.6 is 0 Å². The number of fused-ring (bicyclic) bond motifs is 1. The third-order valence-electron chi connectivity index (χ3n) is 4.62. The lowest BCUT2D eigenvalue weighted by Gasteiger charge is -2.26. The van der Waals surface area contributed by atoms with Gasteiger partial charge in [-0.3, -0.25) is 4.79 Å². The predicted molar refractivity (Wildman–Crippen MR) is 101 cm³/mol. The highest BCUT2D eigenvalue weighted by Gasteiger charge is 2.24. The number of hydrogen-bond donors (Lipinski definition) is 3. The SMILES string of the molecule is CC(C)(NCC(=O)c1ccc(O)c(CC#N)c1)c1c[nH]c2ccccc12. The van der Waals surface area contributed by atoms with Gasteiger partial charge in [-0.25, -0.2) is 0 Å². The Morgan fingerprint density at radius 2 is 2.04 bits per heavy atom. The summed E-state index contributed by atoms with van der Waals surface area (Å²) < 4.78 is 0. The van der Waals surface area contributed by atoms with Crippen LogP contribution in [0.1, 0.15) is 35.3 Å². The van der Waals surface area contributed by atoms with Crippen molar-refractivity contribution in [1.29, 1.82) is 5.26 Å². The molecule has 0 spiro atoms. The minimum absolute atomic E-state index is 0.0372. The fourth-order valence-corrected chi connectivity index (χ4v) is 3.07. The molecule has 2 aromatic carbocycles. The van der Waals surface area contributed by atoms with Crippen LogP contribution in [0.25, 0.3) is 10.9 Å². The largest absolute Gasteiger partial charge is 0.508 e. The number of H-pyrrole nitrogens is 1. The fourth-order valence-electron chi connectivity index (χ4n) is 3.07. The van der Waals surface area contributed by atoms with Gasteiger partial charge in [0.15, 0.2) is 5.78 Å². The van der Waals surface area contributed by atoms with Crippen molar-refractivity contribution in [2.75, 3.05) is 6.54 Å². The minimum Gasteiger partial charge on any atom is -0.508 e. The molecular weight excluding hydrogens is 326 g/mol. The van der Waals surface area contributed by atoms with Crippen molar-refractivity contribution in [2.45, 2.75) is 25.8 Å². The molecule has 26 heavy (non-hydrogen) atoms. The van der Waals surface area contributed by atoms with Crippen LogP contribution in [0.3, 0.4) is 0 Å². The lowest BCUT2D eigenvalue weighted by molar-refractivity contribution is 0.0980. The molecule has 1 heterocycles. The average Bonchev–Trinajstić information content (AvgIpc) is 3.07. The van der Waals surface area contributed by atoms with E-state index in [4.69, 9.17) is 5.26 Å². The number of nitrogens with one attached hydrogen (secondary N) is 2. The number of nitriles is 1. The standard InChI is InChI=1S/C21H21N3O2/c1-21(2,17-12-23-18-6-4-3-5-16(17)18)24-13-20(26)14-7-8-19(25)15(11-14)9-10-22/h3-8,11-12,23-25H,9,13H2,1-2H3. The predicted octanol–water partition coefficient (Wildman–Crippen LogP) is 3.65. The normalized spacial score (nSPS) is 11.4. The lowest BCUT2D eigenvalue weighted by atomic mass is 9.93. The number of nitrogens with zero attached hydrogens (tertiary/aromatic N) is 1. The maximum Gasteiger partial charge on any atom is 0.176 e. The van der Waals surface area contributed by atoms with Gasteiger partial charge in [0.05, 0.1) is 19.0 Å². The summed E-state index contributed by atoms with van der Waals surface area (Å²) in [5.74, 6) is -0.0488. The number of carbonyl (C=O) groups excluding carboxylic acids is 1. The number of hydrogen-bond acceptors (Lipinski definition) is 4. The van der Waals surface area contributed by atoms with Gasteiger partial charge in [-0.2, -0.15) is 5.26 Å². The van der Waals surface area contributed by atoms with Crippen molar-refractivity contribution >= 4 is 16.7 Å². The maximum absolute atomic E-state index is 12.6. The highest BCUT2D eigenvalue weighted by Crippen LogP contribution is 2.28. The maximum atomic E-state index is 12.6. The molecule has 3 aromatic rings. The van der Waals surface area contributed by atoms with Crippen LogP contribution in [0.5, 0.6) is 5.75 Å². The van der Waals surface area contributed by atoms with Gasteiger partial charge in [0, 0.05) is 33.8 Å². The monoisotopic (exact) mass is 347 g/mol. The molecule has 0 amide bonds. The number of rotatable bonds is 6. The zero-order valence-corrected chi connectivity index (χ0v) is 14.8. The van der Waals surface area contributed by atoms with Crippen LogP contribution in [0.4, 0.5) is 0 Å². The Balaban J connectivity index is 1.76. The van der Waals surface area contributed by atoms with E-state index in [0.717, 1.165) is 16.5 Å². The number of Topliss-reactive ketones (excluding diaryl/α,β-unsaturated/α-hetero) is 1. The highest BCUT2D eigenvalue weighted by molar-refractivity contribution is 5.98. The molecule has 0 aliphatic carbocycles. The molecule has 0 aliphatic heterocycles. The number of aromatic nitrogens is 1. The second-order valence-electron chi connectivity index (χ2n) is 6.83. The number of para-hydroxylation sites is 1. The van der Waals surface area contributed by atoms with E-state index in [9.17, 15) is 9.90 Å². The Morgan fingerprint density at radius 1 is 1.27 bits per heavy atom.